The molecule has 1 aliphatic carbocycles. The van der Waals surface area contributed by atoms with Crippen LogP contribution in [0.1, 0.15) is 30.5 Å². The summed E-state index contributed by atoms with van der Waals surface area (Å²) in [4.78, 5) is 31.5. The van der Waals surface area contributed by atoms with Crippen molar-refractivity contribution in [1.82, 2.24) is 23.9 Å². The molecular formula is C23H20N6O2. The quantitative estimate of drug-likeness (QED) is 0.515. The first kappa shape index (κ1) is 19.0. The molecule has 0 spiro atoms. The highest BCUT2D eigenvalue weighted by Crippen LogP contribution is 2.38. The Labute approximate surface area is 177 Å². The molecule has 3 aromatic heterocycles. The number of pyridine rings is 1. The van der Waals surface area contributed by atoms with Crippen molar-refractivity contribution in [2.24, 2.45) is 0 Å². The number of rotatable bonds is 3. The van der Waals surface area contributed by atoms with E-state index < -0.39 is 16.8 Å². The molecule has 0 unspecified atom stereocenters. The normalized spacial score (nSPS) is 14.9. The molecule has 4 aromatic rings. The number of fused-ring (bicyclic) bond motifs is 1. The largest absolute Gasteiger partial charge is 0.337 e. The first-order valence-corrected chi connectivity index (χ1v) is 10.1. The van der Waals surface area contributed by atoms with Gasteiger partial charge in [-0.15, -0.1) is 0 Å². The van der Waals surface area contributed by atoms with E-state index in [0.29, 0.717) is 24.2 Å². The molecule has 1 fully saturated rings. The number of nitriles is 1. The van der Waals surface area contributed by atoms with Gasteiger partial charge in [-0.2, -0.15) is 10.4 Å². The van der Waals surface area contributed by atoms with Crippen LogP contribution in [0.15, 0.2) is 58.5 Å². The van der Waals surface area contributed by atoms with E-state index in [0.717, 1.165) is 27.5 Å². The maximum atomic E-state index is 13.7. The molecule has 0 bridgehead atoms. The van der Waals surface area contributed by atoms with Gasteiger partial charge in [0.2, 0.25) is 0 Å². The van der Waals surface area contributed by atoms with Gasteiger partial charge in [0, 0.05) is 11.6 Å². The van der Waals surface area contributed by atoms with Crippen molar-refractivity contribution in [3.05, 3.63) is 81.0 Å². The molecule has 0 N–H and O–H groups in total. The van der Waals surface area contributed by atoms with Crippen molar-refractivity contribution in [1.29, 1.82) is 5.26 Å². The predicted molar refractivity (Wildman–Crippen MR) is 116 cm³/mol. The molecule has 0 aliphatic heterocycles. The zero-order valence-corrected chi connectivity index (χ0v) is 17.2. The van der Waals surface area contributed by atoms with Gasteiger partial charge >= 0.3 is 5.69 Å². The van der Waals surface area contributed by atoms with Crippen LogP contribution in [0.4, 0.5) is 0 Å². The fraction of sp³-hybridized carbons (Fsp3) is 0.261. The van der Waals surface area contributed by atoms with Gasteiger partial charge in [-0.1, -0.05) is 18.2 Å². The minimum Gasteiger partial charge on any atom is -0.276 e. The Morgan fingerprint density at radius 1 is 1.10 bits per heavy atom. The molecule has 8 nitrogen and oxygen atoms in total. The fourth-order valence-corrected chi connectivity index (χ4v) is 4.38. The lowest BCUT2D eigenvalue weighted by atomic mass is 9.77. The molecule has 3 heterocycles. The van der Waals surface area contributed by atoms with Crippen LogP contribution in [-0.4, -0.2) is 23.9 Å². The van der Waals surface area contributed by atoms with Gasteiger partial charge < -0.3 is 0 Å². The topological polar surface area (TPSA) is 98.5 Å². The first-order valence-electron chi connectivity index (χ1n) is 10.1. The van der Waals surface area contributed by atoms with Crippen molar-refractivity contribution >= 4 is 10.9 Å². The second-order valence-electron chi connectivity index (χ2n) is 8.03. The Morgan fingerprint density at radius 2 is 1.87 bits per heavy atom. The van der Waals surface area contributed by atoms with Crippen LogP contribution < -0.4 is 11.2 Å². The maximum absolute atomic E-state index is 13.7. The second-order valence-corrected chi connectivity index (χ2v) is 8.03. The zero-order chi connectivity index (χ0) is 21.8. The van der Waals surface area contributed by atoms with Gasteiger partial charge in [-0.3, -0.25) is 14.3 Å². The molecule has 0 atom stereocenters. The standard InChI is InChI=1S/C23H20N6O2/c1-15-10-18(13-25-11-15)27-21(30)20(29-19-7-4-3-6-17(19)12-26-29)16(2)28(22(27)31)23(14-24)8-5-9-23/h3-4,6-7,10-13H,5,8-9H2,1-2H3. The Bertz CT molecular complexity index is 1500. The molecule has 5 rings (SSSR count). The van der Waals surface area contributed by atoms with Gasteiger partial charge in [0.1, 0.15) is 5.54 Å². The molecule has 31 heavy (non-hydrogen) atoms. The smallest absolute Gasteiger partial charge is 0.276 e. The Kier molecular flexibility index (Phi) is 4.15. The third-order valence-electron chi connectivity index (χ3n) is 6.09. The zero-order valence-electron chi connectivity index (χ0n) is 17.2. The molecule has 8 heteroatoms. The number of hydrogen-bond donors (Lipinski definition) is 0. The Hall–Kier alpha value is -3.99. The van der Waals surface area contributed by atoms with Crippen molar-refractivity contribution < 1.29 is 0 Å². The molecule has 0 saturated heterocycles. The number of aryl methyl sites for hydroxylation is 1. The summed E-state index contributed by atoms with van der Waals surface area (Å²) in [5.41, 5.74) is 0.636. The number of benzene rings is 1. The van der Waals surface area contributed by atoms with E-state index in [1.54, 1.807) is 30.1 Å². The number of aromatic nitrogens is 5. The third-order valence-corrected chi connectivity index (χ3v) is 6.09. The molecule has 0 radical (unpaired) electrons. The van der Waals surface area contributed by atoms with Crippen LogP contribution in [0.25, 0.3) is 22.3 Å². The monoisotopic (exact) mass is 412 g/mol. The summed E-state index contributed by atoms with van der Waals surface area (Å²) in [5, 5.41) is 15.3. The van der Waals surface area contributed by atoms with E-state index in [2.05, 4.69) is 16.2 Å². The summed E-state index contributed by atoms with van der Waals surface area (Å²) in [7, 11) is 0. The van der Waals surface area contributed by atoms with E-state index in [-0.39, 0.29) is 5.69 Å². The number of hydrogen-bond acceptors (Lipinski definition) is 5. The van der Waals surface area contributed by atoms with Crippen molar-refractivity contribution in [3.63, 3.8) is 0 Å². The van der Waals surface area contributed by atoms with Crippen LogP contribution in [0.5, 0.6) is 0 Å². The first-order chi connectivity index (χ1) is 15.0. The average Bonchev–Trinajstić information content (AvgIpc) is 3.14. The van der Waals surface area contributed by atoms with Crippen molar-refractivity contribution in [2.45, 2.75) is 38.6 Å². The highest BCUT2D eigenvalue weighted by molar-refractivity contribution is 5.80. The Balaban J connectivity index is 1.94. The molecule has 154 valence electrons. The van der Waals surface area contributed by atoms with Gasteiger partial charge in [0.25, 0.3) is 5.56 Å². The highest BCUT2D eigenvalue weighted by Gasteiger charge is 2.42. The summed E-state index contributed by atoms with van der Waals surface area (Å²) in [6.07, 6.45) is 6.81. The summed E-state index contributed by atoms with van der Waals surface area (Å²) in [5.74, 6) is 0. The van der Waals surface area contributed by atoms with Crippen molar-refractivity contribution in [2.75, 3.05) is 0 Å². The van der Waals surface area contributed by atoms with Crippen LogP contribution in [0, 0.1) is 25.2 Å². The van der Waals surface area contributed by atoms with Crippen LogP contribution >= 0.6 is 0 Å². The summed E-state index contributed by atoms with van der Waals surface area (Å²) in [6.45, 7) is 3.56. The summed E-state index contributed by atoms with van der Waals surface area (Å²) >= 11 is 0. The molecule has 1 aliphatic rings. The van der Waals surface area contributed by atoms with Crippen LogP contribution in [-0.2, 0) is 5.54 Å². The number of para-hydroxylation sites is 1. The molecular weight excluding hydrogens is 392 g/mol. The van der Waals surface area contributed by atoms with E-state index in [4.69, 9.17) is 0 Å². The second kappa shape index (κ2) is 6.77. The van der Waals surface area contributed by atoms with E-state index in [1.165, 1.54) is 10.8 Å². The molecule has 1 saturated carbocycles. The summed E-state index contributed by atoms with van der Waals surface area (Å²) in [6, 6.07) is 11.6. The lowest BCUT2D eigenvalue weighted by Crippen LogP contribution is -2.52. The Morgan fingerprint density at radius 3 is 2.55 bits per heavy atom. The van der Waals surface area contributed by atoms with E-state index in [9.17, 15) is 14.9 Å². The molecule has 1 aromatic carbocycles. The highest BCUT2D eigenvalue weighted by atomic mass is 16.2. The van der Waals surface area contributed by atoms with E-state index in [1.807, 2.05) is 31.2 Å². The van der Waals surface area contributed by atoms with Crippen LogP contribution in [0.2, 0.25) is 0 Å². The third kappa shape index (κ3) is 2.66. The number of nitrogens with zero attached hydrogens (tertiary/aromatic N) is 6. The summed E-state index contributed by atoms with van der Waals surface area (Å²) < 4.78 is 4.15. The lowest BCUT2D eigenvalue weighted by Gasteiger charge is -2.38. The van der Waals surface area contributed by atoms with E-state index >= 15 is 0 Å². The van der Waals surface area contributed by atoms with Crippen LogP contribution in [0.3, 0.4) is 0 Å². The average molecular weight is 412 g/mol. The van der Waals surface area contributed by atoms with Gasteiger partial charge in [-0.25, -0.2) is 14.0 Å². The lowest BCUT2D eigenvalue weighted by molar-refractivity contribution is 0.203. The SMILES string of the molecule is Cc1cncc(-n2c(=O)c(-n3ncc4ccccc43)c(C)n(C3(C#N)CCC3)c2=O)c1. The molecule has 0 amide bonds. The minimum absolute atomic E-state index is 0.254. The maximum Gasteiger partial charge on any atom is 0.337 e. The van der Waals surface area contributed by atoms with Crippen molar-refractivity contribution in [3.8, 4) is 17.4 Å². The minimum atomic E-state index is -0.967. The predicted octanol–water partition coefficient (Wildman–Crippen LogP) is 2.75. The van der Waals surface area contributed by atoms with Gasteiger partial charge in [0.05, 0.1) is 35.4 Å². The fourth-order valence-electron chi connectivity index (χ4n) is 4.38. The van der Waals surface area contributed by atoms with Gasteiger partial charge in [0.15, 0.2) is 5.69 Å². The van der Waals surface area contributed by atoms with Gasteiger partial charge in [-0.05, 0) is 50.8 Å².